The van der Waals surface area contributed by atoms with Gasteiger partial charge in [-0.2, -0.15) is 0 Å². The molecule has 0 unspecified atom stereocenters. The number of aromatic amines is 1. The topological polar surface area (TPSA) is 84.5 Å². The van der Waals surface area contributed by atoms with Crippen molar-refractivity contribution < 1.29 is 14.3 Å². The van der Waals surface area contributed by atoms with Gasteiger partial charge >= 0.3 is 0 Å². The molecule has 2 aromatic rings. The number of thioether (sulfide) groups is 1. The number of nitrogens with zero attached hydrogens (tertiary/aromatic N) is 2. The first-order valence-corrected chi connectivity index (χ1v) is 8.41. The van der Waals surface area contributed by atoms with Gasteiger partial charge in [0, 0.05) is 25.9 Å². The van der Waals surface area contributed by atoms with Gasteiger partial charge in [0.1, 0.15) is 13.2 Å². The number of hydrogen-bond acceptors (Lipinski definition) is 6. The number of rotatable bonds is 5. The molecule has 1 aliphatic heterocycles. The van der Waals surface area contributed by atoms with E-state index in [1.807, 2.05) is 18.2 Å². The number of H-pyrrole nitrogens is 1. The Morgan fingerprint density at radius 3 is 2.88 bits per heavy atom. The molecule has 0 fully saturated rings. The first-order chi connectivity index (χ1) is 11.6. The van der Waals surface area contributed by atoms with Gasteiger partial charge in [-0.25, -0.2) is 4.98 Å². The Morgan fingerprint density at radius 2 is 2.08 bits per heavy atom. The SMILES string of the molecule is CN(Cc1ccc2c(c1)OCCO2)C(=O)CSc1nccc(=O)[nH]1. The van der Waals surface area contributed by atoms with Crippen molar-refractivity contribution in [2.45, 2.75) is 11.7 Å². The third-order valence-electron chi connectivity index (χ3n) is 3.43. The summed E-state index contributed by atoms with van der Waals surface area (Å²) in [6.07, 6.45) is 1.42. The van der Waals surface area contributed by atoms with Crippen LogP contribution in [0, 0.1) is 0 Å². The standard InChI is InChI=1S/C16H17N3O4S/c1-19(15(21)10-24-16-17-5-4-14(20)18-16)9-11-2-3-12-13(8-11)23-7-6-22-12/h2-5,8H,6-7,9-10H2,1H3,(H,17,18,20). The summed E-state index contributed by atoms with van der Waals surface area (Å²) < 4.78 is 11.0. The summed E-state index contributed by atoms with van der Waals surface area (Å²) in [5, 5.41) is 0.434. The van der Waals surface area contributed by atoms with Crippen LogP contribution in [0.15, 0.2) is 40.4 Å². The Balaban J connectivity index is 1.57. The number of hydrogen-bond donors (Lipinski definition) is 1. The largest absolute Gasteiger partial charge is 0.486 e. The summed E-state index contributed by atoms with van der Waals surface area (Å²) in [5.74, 6) is 1.59. The fourth-order valence-electron chi connectivity index (χ4n) is 2.21. The van der Waals surface area contributed by atoms with Crippen LogP contribution in [0.4, 0.5) is 0 Å². The molecule has 0 atom stereocenters. The van der Waals surface area contributed by atoms with Crippen LogP contribution in [0.5, 0.6) is 11.5 Å². The van der Waals surface area contributed by atoms with Crippen LogP contribution >= 0.6 is 11.8 Å². The summed E-state index contributed by atoms with van der Waals surface area (Å²) in [6, 6.07) is 7.00. The lowest BCUT2D eigenvalue weighted by Crippen LogP contribution is -2.28. The average molecular weight is 347 g/mol. The van der Waals surface area contributed by atoms with Crippen molar-refractivity contribution in [3.8, 4) is 11.5 Å². The van der Waals surface area contributed by atoms with E-state index in [1.165, 1.54) is 24.0 Å². The lowest BCUT2D eigenvalue weighted by molar-refractivity contribution is -0.127. The number of amides is 1. The van der Waals surface area contributed by atoms with Crippen molar-refractivity contribution in [2.24, 2.45) is 0 Å². The van der Waals surface area contributed by atoms with E-state index in [2.05, 4.69) is 9.97 Å². The Bertz CT molecular complexity index is 793. The Morgan fingerprint density at radius 1 is 1.29 bits per heavy atom. The van der Waals surface area contributed by atoms with Crippen molar-refractivity contribution in [2.75, 3.05) is 26.0 Å². The summed E-state index contributed by atoms with van der Waals surface area (Å²) >= 11 is 1.20. The second-order valence-corrected chi connectivity index (χ2v) is 6.22. The van der Waals surface area contributed by atoms with E-state index >= 15 is 0 Å². The highest BCUT2D eigenvalue weighted by Crippen LogP contribution is 2.31. The molecule has 1 aromatic heterocycles. The summed E-state index contributed by atoms with van der Waals surface area (Å²) in [7, 11) is 1.74. The molecule has 1 amide bonds. The lowest BCUT2D eigenvalue weighted by atomic mass is 10.2. The number of aromatic nitrogens is 2. The maximum absolute atomic E-state index is 12.2. The molecule has 0 spiro atoms. The quantitative estimate of drug-likeness (QED) is 0.648. The minimum absolute atomic E-state index is 0.0543. The molecule has 0 bridgehead atoms. The Hall–Kier alpha value is -2.48. The van der Waals surface area contributed by atoms with E-state index in [4.69, 9.17) is 9.47 Å². The van der Waals surface area contributed by atoms with Gasteiger partial charge in [-0.05, 0) is 17.7 Å². The lowest BCUT2D eigenvalue weighted by Gasteiger charge is -2.21. The number of fused-ring (bicyclic) bond motifs is 1. The first-order valence-electron chi connectivity index (χ1n) is 7.42. The van der Waals surface area contributed by atoms with Gasteiger partial charge in [0.25, 0.3) is 5.56 Å². The van der Waals surface area contributed by atoms with E-state index in [0.717, 1.165) is 11.3 Å². The van der Waals surface area contributed by atoms with Gasteiger partial charge in [-0.3, -0.25) is 9.59 Å². The van der Waals surface area contributed by atoms with Crippen LogP contribution in [-0.2, 0) is 11.3 Å². The highest BCUT2D eigenvalue weighted by molar-refractivity contribution is 7.99. The zero-order valence-corrected chi connectivity index (χ0v) is 14.0. The maximum atomic E-state index is 12.2. The molecular weight excluding hydrogens is 330 g/mol. The van der Waals surface area contributed by atoms with Gasteiger partial charge in [0.15, 0.2) is 16.7 Å². The number of carbonyl (C=O) groups is 1. The molecule has 24 heavy (non-hydrogen) atoms. The molecule has 7 nitrogen and oxygen atoms in total. The van der Waals surface area contributed by atoms with E-state index in [9.17, 15) is 9.59 Å². The Labute approximate surface area is 143 Å². The third-order valence-corrected chi connectivity index (χ3v) is 4.30. The Kier molecular flexibility index (Phi) is 5.05. The highest BCUT2D eigenvalue weighted by Gasteiger charge is 2.15. The third kappa shape index (κ3) is 4.08. The fraction of sp³-hybridized carbons (Fsp3) is 0.312. The van der Waals surface area contributed by atoms with Gasteiger partial charge in [-0.15, -0.1) is 0 Å². The predicted octanol–water partition coefficient (Wildman–Crippen LogP) is 1.29. The van der Waals surface area contributed by atoms with Gasteiger partial charge in [0.2, 0.25) is 5.91 Å². The van der Waals surface area contributed by atoms with Crippen LogP contribution in [0.25, 0.3) is 0 Å². The van der Waals surface area contributed by atoms with Crippen molar-refractivity contribution in [3.63, 3.8) is 0 Å². The van der Waals surface area contributed by atoms with Crippen molar-refractivity contribution in [3.05, 3.63) is 46.4 Å². The number of carbonyl (C=O) groups excluding carboxylic acids is 1. The normalized spacial score (nSPS) is 12.7. The molecule has 0 saturated heterocycles. The van der Waals surface area contributed by atoms with Crippen LogP contribution in [0.2, 0.25) is 0 Å². The molecule has 2 heterocycles. The predicted molar refractivity (Wildman–Crippen MR) is 89.5 cm³/mol. The molecule has 0 radical (unpaired) electrons. The summed E-state index contributed by atoms with van der Waals surface area (Å²) in [5.41, 5.74) is 0.732. The number of benzene rings is 1. The second-order valence-electron chi connectivity index (χ2n) is 5.26. The number of ether oxygens (including phenoxy) is 2. The molecular formula is C16H17N3O4S. The molecule has 1 aromatic carbocycles. The average Bonchev–Trinajstić information content (AvgIpc) is 2.59. The van der Waals surface area contributed by atoms with E-state index in [1.54, 1.807) is 11.9 Å². The van der Waals surface area contributed by atoms with Crippen molar-refractivity contribution >= 4 is 17.7 Å². The molecule has 1 aliphatic rings. The molecule has 126 valence electrons. The smallest absolute Gasteiger partial charge is 0.251 e. The van der Waals surface area contributed by atoms with Crippen LogP contribution < -0.4 is 15.0 Å². The van der Waals surface area contributed by atoms with Crippen LogP contribution in [-0.4, -0.2) is 46.8 Å². The van der Waals surface area contributed by atoms with Crippen LogP contribution in [0.1, 0.15) is 5.56 Å². The molecule has 1 N–H and O–H groups in total. The van der Waals surface area contributed by atoms with Gasteiger partial charge in [-0.1, -0.05) is 17.8 Å². The van der Waals surface area contributed by atoms with E-state index in [-0.39, 0.29) is 17.2 Å². The fourth-order valence-corrected chi connectivity index (χ4v) is 3.00. The van der Waals surface area contributed by atoms with Gasteiger partial charge < -0.3 is 19.4 Å². The second kappa shape index (κ2) is 7.39. The molecule has 0 aliphatic carbocycles. The first kappa shape index (κ1) is 16.4. The zero-order valence-electron chi connectivity index (χ0n) is 13.2. The van der Waals surface area contributed by atoms with Crippen molar-refractivity contribution in [1.82, 2.24) is 14.9 Å². The molecule has 3 rings (SSSR count). The van der Waals surface area contributed by atoms with Gasteiger partial charge in [0.05, 0.1) is 5.75 Å². The van der Waals surface area contributed by atoms with E-state index in [0.29, 0.717) is 30.7 Å². The minimum Gasteiger partial charge on any atom is -0.486 e. The highest BCUT2D eigenvalue weighted by atomic mass is 32.2. The zero-order chi connectivity index (χ0) is 16.9. The summed E-state index contributed by atoms with van der Waals surface area (Å²) in [4.78, 5) is 31.6. The minimum atomic E-state index is -0.232. The molecule has 8 heteroatoms. The monoisotopic (exact) mass is 347 g/mol. The molecule has 0 saturated carbocycles. The maximum Gasteiger partial charge on any atom is 0.251 e. The van der Waals surface area contributed by atoms with Crippen molar-refractivity contribution in [1.29, 1.82) is 0 Å². The number of nitrogens with one attached hydrogen (secondary N) is 1. The summed E-state index contributed by atoms with van der Waals surface area (Å²) in [6.45, 7) is 1.55. The van der Waals surface area contributed by atoms with E-state index < -0.39 is 0 Å². The van der Waals surface area contributed by atoms with Crippen LogP contribution in [0.3, 0.4) is 0 Å².